The van der Waals surface area contributed by atoms with Crippen LogP contribution in [0.3, 0.4) is 0 Å². The Bertz CT molecular complexity index is 848. The number of nitrogens with zero attached hydrogens (tertiary/aromatic N) is 3. The third-order valence-electron chi connectivity index (χ3n) is 3.31. The summed E-state index contributed by atoms with van der Waals surface area (Å²) >= 11 is 0. The Morgan fingerprint density at radius 2 is 1.88 bits per heavy atom. The Balaban J connectivity index is 1.83. The first kappa shape index (κ1) is 16.5. The predicted octanol–water partition coefficient (Wildman–Crippen LogP) is 2.46. The smallest absolute Gasteiger partial charge is 0.199 e. The average molecular weight is 339 g/mol. The lowest BCUT2D eigenvalue weighted by atomic mass is 10.2. The van der Waals surface area contributed by atoms with E-state index >= 15 is 0 Å². The Morgan fingerprint density at radius 1 is 1.12 bits per heavy atom. The van der Waals surface area contributed by atoms with E-state index in [-0.39, 0.29) is 17.3 Å². The predicted molar refractivity (Wildman–Crippen MR) is 92.3 cm³/mol. The summed E-state index contributed by atoms with van der Waals surface area (Å²) in [7, 11) is 1.57. The van der Waals surface area contributed by atoms with Crippen LogP contribution in [0.5, 0.6) is 5.75 Å². The maximum absolute atomic E-state index is 5.77. The zero-order valence-electron chi connectivity index (χ0n) is 13.5. The van der Waals surface area contributed by atoms with Gasteiger partial charge in [-0.3, -0.25) is 4.84 Å². The number of nitrogens with one attached hydrogen (secondary N) is 1. The molecule has 3 rings (SSSR count). The number of nitrogen functional groups attached to an aromatic ring is 1. The lowest BCUT2D eigenvalue weighted by Gasteiger charge is -2.10. The number of benzene rings is 2. The van der Waals surface area contributed by atoms with E-state index in [9.17, 15) is 0 Å². The second-order valence-electron chi connectivity index (χ2n) is 5.01. The first-order chi connectivity index (χ1) is 12.3. The molecular formula is C17H17N5O3. The second kappa shape index (κ2) is 7.93. The first-order valence-corrected chi connectivity index (χ1v) is 7.50. The topological polar surface area (TPSA) is 108 Å². The maximum Gasteiger partial charge on any atom is 0.199 e. The van der Waals surface area contributed by atoms with E-state index in [0.717, 1.165) is 5.56 Å². The van der Waals surface area contributed by atoms with Gasteiger partial charge in [-0.15, -0.1) is 0 Å². The van der Waals surface area contributed by atoms with Crippen LogP contribution < -0.4 is 16.0 Å². The van der Waals surface area contributed by atoms with Gasteiger partial charge >= 0.3 is 0 Å². The van der Waals surface area contributed by atoms with Crippen molar-refractivity contribution in [2.24, 2.45) is 4.99 Å². The molecule has 0 aliphatic heterocycles. The summed E-state index contributed by atoms with van der Waals surface area (Å²) in [5.74, 6) is 0.962. The third-order valence-corrected chi connectivity index (χ3v) is 3.31. The number of aromatic nitrogens is 2. The number of anilines is 1. The van der Waals surface area contributed by atoms with E-state index < -0.39 is 0 Å². The van der Waals surface area contributed by atoms with Gasteiger partial charge in [0.2, 0.25) is 0 Å². The minimum absolute atomic E-state index is 0.101. The number of hydroxylamine groups is 1. The molecule has 0 radical (unpaired) electrons. The van der Waals surface area contributed by atoms with Gasteiger partial charge in [-0.2, -0.15) is 0 Å². The summed E-state index contributed by atoms with van der Waals surface area (Å²) in [6.45, 7) is 0.330. The molecule has 0 aliphatic carbocycles. The van der Waals surface area contributed by atoms with Gasteiger partial charge in [0, 0.05) is 0 Å². The summed E-state index contributed by atoms with van der Waals surface area (Å²) < 4.78 is 9.95. The van der Waals surface area contributed by atoms with Gasteiger partial charge in [-0.1, -0.05) is 42.5 Å². The fourth-order valence-electron chi connectivity index (χ4n) is 2.09. The second-order valence-corrected chi connectivity index (χ2v) is 5.01. The minimum atomic E-state index is 0.101. The highest BCUT2D eigenvalue weighted by Gasteiger charge is 2.15. The van der Waals surface area contributed by atoms with Crippen LogP contribution >= 0.6 is 0 Å². The third kappa shape index (κ3) is 4.12. The Kier molecular flexibility index (Phi) is 5.22. The number of para-hydroxylation sites is 2. The van der Waals surface area contributed by atoms with Gasteiger partial charge in [0.1, 0.15) is 11.4 Å². The molecule has 0 spiro atoms. The minimum Gasteiger partial charge on any atom is -0.494 e. The van der Waals surface area contributed by atoms with Crippen LogP contribution in [0.15, 0.2) is 64.2 Å². The molecule has 2 aromatic carbocycles. The van der Waals surface area contributed by atoms with E-state index in [1.807, 2.05) is 42.5 Å². The number of hydrogen-bond donors (Lipinski definition) is 2. The molecular weight excluding hydrogens is 322 g/mol. The molecule has 0 bridgehead atoms. The van der Waals surface area contributed by atoms with Gasteiger partial charge < -0.3 is 10.5 Å². The van der Waals surface area contributed by atoms with E-state index in [2.05, 4.69) is 25.4 Å². The highest BCUT2D eigenvalue weighted by molar-refractivity contribution is 6.01. The summed E-state index contributed by atoms with van der Waals surface area (Å²) in [5.41, 5.74) is 10.4. The van der Waals surface area contributed by atoms with E-state index in [4.69, 9.17) is 15.3 Å². The van der Waals surface area contributed by atoms with Crippen LogP contribution in [-0.2, 0) is 11.4 Å². The molecule has 8 heteroatoms. The van der Waals surface area contributed by atoms with Crippen LogP contribution in [0.1, 0.15) is 11.3 Å². The molecule has 0 unspecified atom stereocenters. The molecule has 0 fully saturated rings. The highest BCUT2D eigenvalue weighted by Crippen LogP contribution is 2.27. The van der Waals surface area contributed by atoms with E-state index in [1.54, 1.807) is 19.2 Å². The fraction of sp³-hybridized carbons (Fsp3) is 0.118. The zero-order valence-corrected chi connectivity index (χ0v) is 13.5. The monoisotopic (exact) mass is 339 g/mol. The van der Waals surface area contributed by atoms with Crippen LogP contribution in [-0.4, -0.2) is 23.3 Å². The Hall–Kier alpha value is -3.39. The molecule has 3 N–H and O–H groups in total. The van der Waals surface area contributed by atoms with Crippen LogP contribution in [0.25, 0.3) is 0 Å². The molecule has 0 aliphatic rings. The number of ether oxygens (including phenoxy) is 1. The Labute approximate surface area is 144 Å². The lowest BCUT2D eigenvalue weighted by molar-refractivity contribution is 0.0713. The van der Waals surface area contributed by atoms with Crippen molar-refractivity contribution in [1.29, 1.82) is 0 Å². The zero-order chi connectivity index (χ0) is 17.5. The molecule has 128 valence electrons. The normalized spacial score (nSPS) is 11.3. The average Bonchev–Trinajstić information content (AvgIpc) is 3.08. The number of aliphatic imine (C=N–C) groups is 1. The number of nitrogens with two attached hydrogens (primary N) is 1. The summed E-state index contributed by atoms with van der Waals surface area (Å²) in [5, 5.41) is 7.34. The van der Waals surface area contributed by atoms with Crippen LogP contribution in [0, 0.1) is 0 Å². The van der Waals surface area contributed by atoms with Crippen molar-refractivity contribution >= 4 is 17.3 Å². The molecule has 8 nitrogen and oxygen atoms in total. The summed E-state index contributed by atoms with van der Waals surface area (Å²) in [6, 6.07) is 17.0. The summed E-state index contributed by atoms with van der Waals surface area (Å²) in [6.07, 6.45) is 0. The maximum atomic E-state index is 5.77. The van der Waals surface area contributed by atoms with E-state index in [0.29, 0.717) is 18.0 Å². The van der Waals surface area contributed by atoms with Crippen molar-refractivity contribution in [2.75, 3.05) is 12.8 Å². The molecule has 1 heterocycles. The molecule has 0 saturated carbocycles. The molecule has 3 aromatic rings. The molecule has 0 amide bonds. The molecule has 1 aromatic heterocycles. The van der Waals surface area contributed by atoms with Crippen molar-refractivity contribution in [3.63, 3.8) is 0 Å². The molecule has 0 atom stereocenters. The quantitative estimate of drug-likeness (QED) is 0.403. The molecule has 25 heavy (non-hydrogen) atoms. The van der Waals surface area contributed by atoms with Gasteiger partial charge in [-0.25, -0.2) is 15.1 Å². The number of rotatable bonds is 6. The highest BCUT2D eigenvalue weighted by atomic mass is 16.6. The van der Waals surface area contributed by atoms with Crippen LogP contribution in [0.4, 0.5) is 11.5 Å². The van der Waals surface area contributed by atoms with E-state index in [1.165, 1.54) is 0 Å². The largest absolute Gasteiger partial charge is 0.494 e. The number of hydrogen-bond acceptors (Lipinski definition) is 7. The van der Waals surface area contributed by atoms with Gasteiger partial charge in [-0.05, 0) is 28.0 Å². The summed E-state index contributed by atoms with van der Waals surface area (Å²) in [4.78, 5) is 10.00. The van der Waals surface area contributed by atoms with Crippen molar-refractivity contribution in [3.05, 3.63) is 65.9 Å². The van der Waals surface area contributed by atoms with Gasteiger partial charge in [0.25, 0.3) is 0 Å². The van der Waals surface area contributed by atoms with Crippen molar-refractivity contribution in [3.8, 4) is 5.75 Å². The molecule has 0 saturated heterocycles. The first-order valence-electron chi connectivity index (χ1n) is 7.50. The SMILES string of the molecule is COc1ccccc1N=C(NOCc1ccccc1)c1nonc1N. The standard InChI is InChI=1S/C17H17N5O3/c1-23-14-10-6-5-9-13(14)19-17(15-16(18)21-25-20-15)22-24-11-12-7-3-2-4-8-12/h2-10H,11H2,1H3,(H2,18,21)(H,19,22). The van der Waals surface area contributed by atoms with Crippen molar-refractivity contribution < 1.29 is 14.2 Å². The number of amidine groups is 1. The Morgan fingerprint density at radius 3 is 2.60 bits per heavy atom. The van der Waals surface area contributed by atoms with Crippen molar-refractivity contribution in [1.82, 2.24) is 15.8 Å². The number of methoxy groups -OCH3 is 1. The lowest BCUT2D eigenvalue weighted by Crippen LogP contribution is -2.26. The van der Waals surface area contributed by atoms with Crippen LogP contribution in [0.2, 0.25) is 0 Å². The van der Waals surface area contributed by atoms with Crippen molar-refractivity contribution in [2.45, 2.75) is 6.61 Å². The fourth-order valence-corrected chi connectivity index (χ4v) is 2.09. The van der Waals surface area contributed by atoms with Gasteiger partial charge in [0.05, 0.1) is 13.7 Å². The van der Waals surface area contributed by atoms with Gasteiger partial charge in [0.15, 0.2) is 17.3 Å².